The number of hydrogen-bond acceptors (Lipinski definition) is 9. The summed E-state index contributed by atoms with van der Waals surface area (Å²) >= 11 is 0.792. The van der Waals surface area contributed by atoms with Crippen LogP contribution in [0.3, 0.4) is 0 Å². The first-order valence-corrected chi connectivity index (χ1v) is 14.0. The zero-order valence-corrected chi connectivity index (χ0v) is 25.5. The molecule has 0 bridgehead atoms. The minimum Gasteiger partial charge on any atom is -0.480 e. The number of carboxylic acids is 1. The van der Waals surface area contributed by atoms with E-state index in [0.29, 0.717) is 19.4 Å². The van der Waals surface area contributed by atoms with Crippen LogP contribution in [0.5, 0.6) is 0 Å². The third kappa shape index (κ3) is 12.3. The van der Waals surface area contributed by atoms with Gasteiger partial charge in [-0.2, -0.15) is 0 Å². The minimum absolute atomic E-state index is 0.00258. The molecule has 0 fully saturated rings. The lowest BCUT2D eigenvalue weighted by molar-refractivity contribution is -0.140. The Balaban J connectivity index is 3.15. The van der Waals surface area contributed by atoms with Crippen LogP contribution >= 0.6 is 11.8 Å². The van der Waals surface area contributed by atoms with Gasteiger partial charge in [-0.25, -0.2) is 9.59 Å². The van der Waals surface area contributed by atoms with E-state index in [4.69, 9.17) is 21.6 Å². The van der Waals surface area contributed by atoms with Gasteiger partial charge in [0.25, 0.3) is 5.91 Å². The van der Waals surface area contributed by atoms with Gasteiger partial charge in [-0.15, -0.1) is 24.1 Å². The monoisotopic (exact) mass is 605 g/mol. The number of esters is 1. The lowest BCUT2D eigenvalue weighted by Crippen LogP contribution is -2.44. The standard InChI is InChI=1S/C29H39N3O9S/c1-8-9-29(5,6)41-11-10-28(3,4)32-25(36)19-12-18(13-20(14-19)27(39)40-7)22(34)15-23(24(30)35)42-16-21(26(37)38)31-17(2)33/h1,12-14,21,23H,9-11,15-16H2,2-7H3,(H2,30,35)(H,31,33)(H,32,36)(H,37,38)/t21-,23?/m0/s1. The predicted octanol–water partition coefficient (Wildman–Crippen LogP) is 1.94. The number of carbonyl (C=O) groups excluding carboxylic acids is 5. The molecule has 0 radical (unpaired) electrons. The first-order valence-electron chi connectivity index (χ1n) is 13.0. The smallest absolute Gasteiger partial charge is 0.337 e. The lowest BCUT2D eigenvalue weighted by Gasteiger charge is -2.29. The van der Waals surface area contributed by atoms with Gasteiger partial charge < -0.3 is 30.9 Å². The van der Waals surface area contributed by atoms with Crippen molar-refractivity contribution in [2.75, 3.05) is 19.5 Å². The molecular weight excluding hydrogens is 566 g/mol. The number of methoxy groups -OCH3 is 1. The average Bonchev–Trinajstić information content (AvgIpc) is 2.88. The summed E-state index contributed by atoms with van der Waals surface area (Å²) in [5.41, 5.74) is 4.07. The second-order valence-corrected chi connectivity index (χ2v) is 12.0. The molecule has 13 heteroatoms. The van der Waals surface area contributed by atoms with Crippen molar-refractivity contribution >= 4 is 47.2 Å². The SMILES string of the molecule is C#CCC(C)(C)OCCC(C)(C)NC(=O)c1cc(C(=O)CC(SC[C@H](NC(C)=O)C(=O)O)C(N)=O)cc(C(=O)OC)c1. The Labute approximate surface area is 249 Å². The number of carbonyl (C=O) groups is 6. The number of primary amides is 1. The van der Waals surface area contributed by atoms with Crippen LogP contribution in [0.15, 0.2) is 18.2 Å². The summed E-state index contributed by atoms with van der Waals surface area (Å²) in [4.78, 5) is 73.5. The van der Waals surface area contributed by atoms with Gasteiger partial charge in [-0.05, 0) is 52.3 Å². The maximum absolute atomic E-state index is 13.2. The number of rotatable bonds is 17. The first kappa shape index (κ1) is 36.1. The molecule has 0 aliphatic carbocycles. The highest BCUT2D eigenvalue weighted by molar-refractivity contribution is 8.00. The van der Waals surface area contributed by atoms with Crippen LogP contribution in [0.25, 0.3) is 0 Å². The highest BCUT2D eigenvalue weighted by Gasteiger charge is 2.28. The molecule has 0 aliphatic heterocycles. The Kier molecular flexibility index (Phi) is 13.7. The Morgan fingerprint density at radius 1 is 1.07 bits per heavy atom. The number of hydrogen-bond donors (Lipinski definition) is 4. The maximum Gasteiger partial charge on any atom is 0.337 e. The van der Waals surface area contributed by atoms with Crippen molar-refractivity contribution < 1.29 is 43.3 Å². The highest BCUT2D eigenvalue weighted by Crippen LogP contribution is 2.22. The Morgan fingerprint density at radius 2 is 1.67 bits per heavy atom. The second-order valence-electron chi connectivity index (χ2n) is 10.8. The summed E-state index contributed by atoms with van der Waals surface area (Å²) in [6.07, 6.45) is 5.77. The number of terminal acetylenes is 1. The molecule has 0 aromatic heterocycles. The molecule has 2 atom stereocenters. The Morgan fingerprint density at radius 3 is 2.19 bits per heavy atom. The molecule has 0 aliphatic rings. The maximum atomic E-state index is 13.2. The van der Waals surface area contributed by atoms with E-state index in [1.807, 2.05) is 13.8 Å². The van der Waals surface area contributed by atoms with E-state index in [1.54, 1.807) is 13.8 Å². The highest BCUT2D eigenvalue weighted by atomic mass is 32.2. The molecule has 230 valence electrons. The van der Waals surface area contributed by atoms with Crippen molar-refractivity contribution in [1.82, 2.24) is 10.6 Å². The number of amides is 3. The molecule has 1 aromatic rings. The van der Waals surface area contributed by atoms with Gasteiger partial charge in [0.1, 0.15) is 6.04 Å². The van der Waals surface area contributed by atoms with Gasteiger partial charge in [-0.1, -0.05) is 0 Å². The molecule has 5 N–H and O–H groups in total. The summed E-state index contributed by atoms with van der Waals surface area (Å²) in [7, 11) is 1.15. The normalized spacial score (nSPS) is 12.8. The Hall–Kier alpha value is -3.89. The van der Waals surface area contributed by atoms with E-state index in [1.165, 1.54) is 18.2 Å². The number of nitrogens with one attached hydrogen (secondary N) is 2. The van der Waals surface area contributed by atoms with Crippen molar-refractivity contribution in [3.8, 4) is 12.3 Å². The summed E-state index contributed by atoms with van der Waals surface area (Å²) in [6, 6.07) is 2.50. The van der Waals surface area contributed by atoms with Crippen LogP contribution in [0.4, 0.5) is 0 Å². The van der Waals surface area contributed by atoms with Crippen LogP contribution in [-0.4, -0.2) is 82.5 Å². The van der Waals surface area contributed by atoms with Crippen LogP contribution in [0, 0.1) is 12.3 Å². The molecule has 42 heavy (non-hydrogen) atoms. The fourth-order valence-corrected chi connectivity index (χ4v) is 4.72. The lowest BCUT2D eigenvalue weighted by atomic mass is 9.97. The van der Waals surface area contributed by atoms with E-state index in [9.17, 15) is 33.9 Å². The zero-order valence-electron chi connectivity index (χ0n) is 24.7. The molecule has 12 nitrogen and oxygen atoms in total. The van der Waals surface area contributed by atoms with Crippen LogP contribution in [0.2, 0.25) is 0 Å². The third-order valence-electron chi connectivity index (χ3n) is 5.97. The second kappa shape index (κ2) is 15.9. The third-order valence-corrected chi connectivity index (χ3v) is 7.29. The summed E-state index contributed by atoms with van der Waals surface area (Å²) in [5, 5.41) is 13.3. The fraction of sp³-hybridized carbons (Fsp3) is 0.517. The van der Waals surface area contributed by atoms with Crippen molar-refractivity contribution in [3.63, 3.8) is 0 Å². The zero-order chi connectivity index (χ0) is 32.3. The number of ketones is 1. The van der Waals surface area contributed by atoms with Crippen LogP contribution in [-0.2, 0) is 23.9 Å². The minimum atomic E-state index is -1.32. The van der Waals surface area contributed by atoms with Crippen molar-refractivity contribution in [1.29, 1.82) is 0 Å². The largest absolute Gasteiger partial charge is 0.480 e. The van der Waals surface area contributed by atoms with E-state index in [2.05, 4.69) is 16.6 Å². The molecule has 1 aromatic carbocycles. The molecule has 1 unspecified atom stereocenters. The number of thioether (sulfide) groups is 1. The van der Waals surface area contributed by atoms with Gasteiger partial charge in [0.05, 0.1) is 23.5 Å². The summed E-state index contributed by atoms with van der Waals surface area (Å²) in [5.74, 6) is -2.43. The summed E-state index contributed by atoms with van der Waals surface area (Å²) < 4.78 is 10.6. The fourth-order valence-electron chi connectivity index (χ4n) is 3.64. The first-order chi connectivity index (χ1) is 19.4. The number of ether oxygens (including phenoxy) is 2. The van der Waals surface area contributed by atoms with Gasteiger partial charge in [-0.3, -0.25) is 19.2 Å². The number of aliphatic carboxylic acids is 1. The quantitative estimate of drug-likeness (QED) is 0.116. The molecular formula is C29H39N3O9S. The topological polar surface area (TPSA) is 191 Å². The molecule has 0 saturated carbocycles. The molecule has 0 saturated heterocycles. The molecule has 0 spiro atoms. The van der Waals surface area contributed by atoms with E-state index in [0.717, 1.165) is 25.8 Å². The van der Waals surface area contributed by atoms with Crippen molar-refractivity contribution in [3.05, 3.63) is 34.9 Å². The van der Waals surface area contributed by atoms with Crippen LogP contribution in [0.1, 0.15) is 85.0 Å². The molecule has 3 amide bonds. The number of carboxylic acid groups (broad SMARTS) is 1. The van der Waals surface area contributed by atoms with Crippen LogP contribution < -0.4 is 16.4 Å². The van der Waals surface area contributed by atoms with Crippen molar-refractivity contribution in [2.45, 2.75) is 76.3 Å². The van der Waals surface area contributed by atoms with E-state index in [-0.39, 0.29) is 22.4 Å². The predicted molar refractivity (Wildman–Crippen MR) is 157 cm³/mol. The Bertz CT molecular complexity index is 1240. The molecule has 1 rings (SSSR count). The number of nitrogens with two attached hydrogens (primary N) is 1. The van der Waals surface area contributed by atoms with E-state index < -0.39 is 64.3 Å². The summed E-state index contributed by atoms with van der Waals surface area (Å²) in [6.45, 7) is 8.77. The van der Waals surface area contributed by atoms with Crippen molar-refractivity contribution in [2.24, 2.45) is 5.73 Å². The number of Topliss-reactive ketones (excluding diaryl/α,β-unsaturated/α-hetero) is 1. The van der Waals surface area contributed by atoms with Gasteiger partial charge >= 0.3 is 11.9 Å². The van der Waals surface area contributed by atoms with Gasteiger partial charge in [0.15, 0.2) is 5.78 Å². The van der Waals surface area contributed by atoms with Gasteiger partial charge in [0.2, 0.25) is 11.8 Å². The van der Waals surface area contributed by atoms with Gasteiger partial charge in [0, 0.05) is 48.8 Å². The molecule has 0 heterocycles. The average molecular weight is 606 g/mol. The number of benzene rings is 1. The van der Waals surface area contributed by atoms with E-state index >= 15 is 0 Å².